The maximum atomic E-state index is 13.9. The van der Waals surface area contributed by atoms with Crippen LogP contribution in [-0.4, -0.2) is 44.7 Å². The molecule has 1 fully saturated rings. The molecule has 4 N–H and O–H groups in total. The second-order valence-corrected chi connectivity index (χ2v) is 9.53. The Kier molecular flexibility index (Phi) is 6.36. The molecule has 0 radical (unpaired) electrons. The van der Waals surface area contributed by atoms with Gasteiger partial charge in [0.2, 0.25) is 5.91 Å². The summed E-state index contributed by atoms with van der Waals surface area (Å²) in [5.74, 6) is -3.86. The Hall–Kier alpha value is -2.89. The summed E-state index contributed by atoms with van der Waals surface area (Å²) < 4.78 is 52.3. The second-order valence-electron chi connectivity index (χ2n) is 7.98. The monoisotopic (exact) mass is 466 g/mol. The molecule has 0 bridgehead atoms. The van der Waals surface area contributed by atoms with Crippen molar-refractivity contribution in [2.24, 2.45) is 5.14 Å². The second kappa shape index (κ2) is 8.57. The highest BCUT2D eigenvalue weighted by atomic mass is 32.2. The van der Waals surface area contributed by atoms with E-state index in [0.717, 1.165) is 15.9 Å². The summed E-state index contributed by atoms with van der Waals surface area (Å²) in [5, 5.41) is 10.0. The van der Waals surface area contributed by atoms with Crippen molar-refractivity contribution in [2.75, 3.05) is 25.5 Å². The van der Waals surface area contributed by atoms with E-state index in [4.69, 9.17) is 5.14 Å². The van der Waals surface area contributed by atoms with Crippen LogP contribution >= 0.6 is 0 Å². The molecule has 2 amide bonds. The van der Waals surface area contributed by atoms with Gasteiger partial charge >= 0.3 is 0 Å². The summed E-state index contributed by atoms with van der Waals surface area (Å²) in [6, 6.07) is 8.50. The first-order chi connectivity index (χ1) is 14.9. The summed E-state index contributed by atoms with van der Waals surface area (Å²) in [7, 11) is -2.73. The molecule has 0 saturated carbocycles. The van der Waals surface area contributed by atoms with Crippen molar-refractivity contribution in [3.05, 3.63) is 64.7 Å². The van der Waals surface area contributed by atoms with Crippen LogP contribution in [0.4, 0.5) is 14.5 Å². The number of nitrogens with two attached hydrogens (primary N) is 1. The lowest BCUT2D eigenvalue weighted by Crippen LogP contribution is -2.67. The zero-order chi connectivity index (χ0) is 23.8. The third-order valence-corrected chi connectivity index (χ3v) is 6.54. The van der Waals surface area contributed by atoms with Crippen LogP contribution in [0.2, 0.25) is 0 Å². The molecule has 8 nitrogen and oxygen atoms in total. The van der Waals surface area contributed by atoms with Crippen molar-refractivity contribution in [3.8, 4) is 0 Å². The van der Waals surface area contributed by atoms with Gasteiger partial charge in [0.05, 0.1) is 11.3 Å². The average molecular weight is 467 g/mol. The number of benzene rings is 2. The number of hydrogen-bond acceptors (Lipinski definition) is 4. The lowest BCUT2D eigenvalue weighted by molar-refractivity contribution is -0.125. The minimum Gasteiger partial charge on any atom is -0.355 e. The molecule has 0 unspecified atom stereocenters. The first kappa shape index (κ1) is 23.8. The van der Waals surface area contributed by atoms with E-state index in [2.05, 4.69) is 10.6 Å². The van der Waals surface area contributed by atoms with E-state index in [9.17, 15) is 26.8 Å². The number of halogens is 2. The van der Waals surface area contributed by atoms with Crippen LogP contribution in [0.5, 0.6) is 0 Å². The van der Waals surface area contributed by atoms with Crippen molar-refractivity contribution in [1.29, 1.82) is 0 Å². The standard InChI is InChI=1S/C21H24F2N4O4S/c1-12(2)13-6-4-5-7-15(13)21(10-27(11-21)32(24,30)31)20(29)26-18-9-17(23)16(22)8-14(18)19(28)25-3/h4-9,12H,10-11H2,1-3H3,(H,25,28)(H,26,29)(H2,24,30,31). The lowest BCUT2D eigenvalue weighted by atomic mass is 9.71. The molecule has 1 aliphatic heterocycles. The molecular formula is C21H24F2N4O4S. The fourth-order valence-electron chi connectivity index (χ4n) is 3.82. The predicted molar refractivity (Wildman–Crippen MR) is 115 cm³/mol. The van der Waals surface area contributed by atoms with Gasteiger partial charge < -0.3 is 10.6 Å². The van der Waals surface area contributed by atoms with Crippen LogP contribution in [0.25, 0.3) is 0 Å². The molecule has 1 saturated heterocycles. The largest absolute Gasteiger partial charge is 0.355 e. The minimum absolute atomic E-state index is 0.0177. The molecule has 0 atom stereocenters. The Labute approximate surface area is 185 Å². The van der Waals surface area contributed by atoms with Gasteiger partial charge in [0, 0.05) is 26.2 Å². The molecule has 32 heavy (non-hydrogen) atoms. The van der Waals surface area contributed by atoms with Crippen LogP contribution in [-0.2, 0) is 20.4 Å². The molecule has 11 heteroatoms. The maximum Gasteiger partial charge on any atom is 0.276 e. The SMILES string of the molecule is CNC(=O)c1cc(F)c(F)cc1NC(=O)C1(c2ccccc2C(C)C)CN(S(N)(=O)=O)C1. The number of carbonyl (C=O) groups excluding carboxylic acids is 2. The summed E-state index contributed by atoms with van der Waals surface area (Å²) >= 11 is 0. The third-order valence-electron chi connectivity index (χ3n) is 5.57. The highest BCUT2D eigenvalue weighted by molar-refractivity contribution is 7.86. The lowest BCUT2D eigenvalue weighted by Gasteiger charge is -2.48. The van der Waals surface area contributed by atoms with E-state index in [1.807, 2.05) is 19.9 Å². The van der Waals surface area contributed by atoms with Crippen LogP contribution in [0, 0.1) is 11.6 Å². The minimum atomic E-state index is -4.04. The van der Waals surface area contributed by atoms with Gasteiger partial charge in [0.1, 0.15) is 5.41 Å². The molecule has 172 valence electrons. The number of carbonyl (C=O) groups is 2. The molecule has 2 aromatic rings. The molecule has 0 aromatic heterocycles. The van der Waals surface area contributed by atoms with Gasteiger partial charge in [-0.15, -0.1) is 0 Å². The fraction of sp³-hybridized carbons (Fsp3) is 0.333. The predicted octanol–water partition coefficient (Wildman–Crippen LogP) is 1.84. The normalized spacial score (nSPS) is 15.8. The summed E-state index contributed by atoms with van der Waals surface area (Å²) in [4.78, 5) is 25.7. The smallest absolute Gasteiger partial charge is 0.276 e. The third kappa shape index (κ3) is 4.23. The van der Waals surface area contributed by atoms with Crippen molar-refractivity contribution < 1.29 is 26.8 Å². The highest BCUT2D eigenvalue weighted by Gasteiger charge is 2.55. The number of nitrogens with one attached hydrogen (secondary N) is 2. The number of hydrogen-bond donors (Lipinski definition) is 3. The average Bonchev–Trinajstić information content (AvgIpc) is 2.68. The Morgan fingerprint density at radius 1 is 1.12 bits per heavy atom. The Bertz CT molecular complexity index is 1180. The molecule has 0 aliphatic carbocycles. The Morgan fingerprint density at radius 3 is 2.28 bits per heavy atom. The first-order valence-electron chi connectivity index (χ1n) is 9.80. The maximum absolute atomic E-state index is 13.9. The van der Waals surface area contributed by atoms with Crippen LogP contribution in [0.15, 0.2) is 36.4 Å². The number of rotatable bonds is 6. The van der Waals surface area contributed by atoms with Gasteiger partial charge in [0.15, 0.2) is 11.6 Å². The van der Waals surface area contributed by atoms with Gasteiger partial charge in [-0.3, -0.25) is 9.59 Å². The van der Waals surface area contributed by atoms with Crippen LogP contribution < -0.4 is 15.8 Å². The number of nitrogens with zero attached hydrogens (tertiary/aromatic N) is 1. The van der Waals surface area contributed by atoms with Crippen molar-refractivity contribution in [2.45, 2.75) is 25.2 Å². The zero-order valence-electron chi connectivity index (χ0n) is 17.8. The van der Waals surface area contributed by atoms with Gasteiger partial charge in [-0.05, 0) is 23.1 Å². The molecular weight excluding hydrogens is 442 g/mol. The topological polar surface area (TPSA) is 122 Å². The van der Waals surface area contributed by atoms with Gasteiger partial charge in [-0.25, -0.2) is 13.9 Å². The number of anilines is 1. The van der Waals surface area contributed by atoms with Gasteiger partial charge in [-0.1, -0.05) is 38.1 Å². The van der Waals surface area contributed by atoms with Crippen molar-refractivity contribution in [3.63, 3.8) is 0 Å². The van der Waals surface area contributed by atoms with E-state index < -0.39 is 39.1 Å². The van der Waals surface area contributed by atoms with Crippen LogP contribution in [0.3, 0.4) is 0 Å². The van der Waals surface area contributed by atoms with E-state index in [1.54, 1.807) is 18.2 Å². The molecule has 2 aromatic carbocycles. The van der Waals surface area contributed by atoms with E-state index >= 15 is 0 Å². The molecule has 0 spiro atoms. The molecule has 3 rings (SSSR count). The first-order valence-corrected chi connectivity index (χ1v) is 11.3. The van der Waals surface area contributed by atoms with E-state index in [0.29, 0.717) is 11.6 Å². The molecule has 1 aliphatic rings. The van der Waals surface area contributed by atoms with Crippen molar-refractivity contribution in [1.82, 2.24) is 9.62 Å². The summed E-state index contributed by atoms with van der Waals surface area (Å²) in [6.45, 7) is 3.39. The van der Waals surface area contributed by atoms with E-state index in [1.165, 1.54) is 7.05 Å². The zero-order valence-corrected chi connectivity index (χ0v) is 18.6. The van der Waals surface area contributed by atoms with Gasteiger partial charge in [-0.2, -0.15) is 12.7 Å². The quantitative estimate of drug-likeness (QED) is 0.601. The van der Waals surface area contributed by atoms with E-state index in [-0.39, 0.29) is 30.3 Å². The van der Waals surface area contributed by atoms with Gasteiger partial charge in [0.25, 0.3) is 16.1 Å². The number of amides is 2. The molecule has 1 heterocycles. The van der Waals surface area contributed by atoms with Crippen molar-refractivity contribution >= 4 is 27.7 Å². The highest BCUT2D eigenvalue weighted by Crippen LogP contribution is 2.40. The van der Waals surface area contributed by atoms with Crippen LogP contribution in [0.1, 0.15) is 41.3 Å². The summed E-state index contributed by atoms with van der Waals surface area (Å²) in [6.07, 6.45) is 0. The fourth-order valence-corrected chi connectivity index (χ4v) is 4.62. The Balaban J connectivity index is 2.08. The Morgan fingerprint density at radius 2 is 1.72 bits per heavy atom. The summed E-state index contributed by atoms with van der Waals surface area (Å²) in [5.41, 5.74) is -0.415.